The smallest absolute Gasteiger partial charge is 0.220 e. The number of aliphatic hydroxyl groups excluding tert-OH is 11. The molecule has 504 valence electrons. The van der Waals surface area contributed by atoms with Crippen LogP contribution in [0.4, 0.5) is 0 Å². The van der Waals surface area contributed by atoms with Gasteiger partial charge in [-0.1, -0.05) is 237 Å². The van der Waals surface area contributed by atoms with Crippen molar-refractivity contribution in [2.24, 2.45) is 0 Å². The zero-order valence-electron chi connectivity index (χ0n) is 53.0. The van der Waals surface area contributed by atoms with Crippen molar-refractivity contribution in [1.29, 1.82) is 0 Å². The highest BCUT2D eigenvalue weighted by molar-refractivity contribution is 5.76. The van der Waals surface area contributed by atoms with E-state index in [0.717, 1.165) is 44.9 Å². The number of nitrogens with one attached hydrogen (secondary N) is 1. The van der Waals surface area contributed by atoms with Crippen molar-refractivity contribution in [2.75, 3.05) is 26.4 Å². The SMILES string of the molecule is CCCCCCC/C=C/CC/C=C/CC/C=C/C(O)C(COC1OC(CO)C(OC2OC(CO)C(OC3OC(CO)C(O)C(O)C3O)C(O)C2O)C(O)C1O)NC(=O)CCCCCCCCCCCCCCCCCCCCCCCCCCCC. The van der Waals surface area contributed by atoms with Crippen molar-refractivity contribution >= 4 is 5.91 Å². The van der Waals surface area contributed by atoms with Gasteiger partial charge in [0.05, 0.1) is 38.6 Å². The Hall–Kier alpha value is -1.99. The number of rotatable bonds is 52. The standard InChI is InChI=1S/C67H123NO18/c1-3-5-7-9-11-13-15-17-19-20-21-22-23-24-25-26-27-28-29-31-33-35-37-39-41-43-45-55(73)68-50(51(72)44-42-40-38-36-34-32-30-18-16-14-12-10-8-6-4-2)49-81-65-61(79)58(76)63(53(47-70)83-65)86-67-62(80)59(77)64(54(48-71)84-67)85-66-60(78)57(75)56(74)52(46-69)82-66/h16,18,34,36,42,44,50-54,56-67,69-72,74-80H,3-15,17,19-33,35,37-41,43,45-49H2,1-2H3,(H,68,73)/b18-16+,36-34+,44-42+. The van der Waals surface area contributed by atoms with Gasteiger partial charge in [-0.15, -0.1) is 0 Å². The first-order chi connectivity index (χ1) is 41.8. The Morgan fingerprint density at radius 3 is 1.16 bits per heavy atom. The van der Waals surface area contributed by atoms with Gasteiger partial charge in [-0.2, -0.15) is 0 Å². The van der Waals surface area contributed by atoms with E-state index < -0.39 is 124 Å². The van der Waals surface area contributed by atoms with Crippen molar-refractivity contribution in [2.45, 2.75) is 356 Å². The minimum Gasteiger partial charge on any atom is -0.394 e. The molecule has 0 aromatic rings. The van der Waals surface area contributed by atoms with E-state index in [0.29, 0.717) is 12.8 Å². The highest BCUT2D eigenvalue weighted by atomic mass is 16.8. The van der Waals surface area contributed by atoms with E-state index in [9.17, 15) is 61.0 Å². The zero-order valence-corrected chi connectivity index (χ0v) is 53.0. The number of aliphatic hydroxyl groups is 11. The summed E-state index contributed by atoms with van der Waals surface area (Å²) in [5.41, 5.74) is 0. The molecule has 0 aliphatic carbocycles. The molecule has 19 nitrogen and oxygen atoms in total. The van der Waals surface area contributed by atoms with Crippen LogP contribution in [0.25, 0.3) is 0 Å². The minimum absolute atomic E-state index is 0.236. The van der Waals surface area contributed by atoms with Crippen LogP contribution >= 0.6 is 0 Å². The predicted octanol–water partition coefficient (Wildman–Crippen LogP) is 8.44. The normalized spacial score (nSPS) is 29.0. The maximum Gasteiger partial charge on any atom is 0.220 e. The Labute approximate surface area is 517 Å². The Bertz CT molecular complexity index is 1710. The van der Waals surface area contributed by atoms with Crippen LogP contribution in [0, 0.1) is 0 Å². The van der Waals surface area contributed by atoms with Gasteiger partial charge in [0.15, 0.2) is 18.9 Å². The summed E-state index contributed by atoms with van der Waals surface area (Å²) < 4.78 is 34.3. The van der Waals surface area contributed by atoms with Gasteiger partial charge in [-0.25, -0.2) is 0 Å². The van der Waals surface area contributed by atoms with Crippen LogP contribution in [0.15, 0.2) is 36.5 Å². The first-order valence-electron chi connectivity index (χ1n) is 34.2. The van der Waals surface area contributed by atoms with Crippen LogP contribution in [-0.4, -0.2) is 193 Å². The molecule has 3 heterocycles. The van der Waals surface area contributed by atoms with E-state index >= 15 is 0 Å². The average molecular weight is 1230 g/mol. The van der Waals surface area contributed by atoms with Gasteiger partial charge in [-0.05, 0) is 44.9 Å². The number of carbonyl (C=O) groups excluding carboxylic acids is 1. The molecule has 0 spiro atoms. The fourth-order valence-corrected chi connectivity index (χ4v) is 11.6. The van der Waals surface area contributed by atoms with Crippen molar-refractivity contribution in [1.82, 2.24) is 5.32 Å². The summed E-state index contributed by atoms with van der Waals surface area (Å²) in [4.78, 5) is 13.4. The molecule has 0 radical (unpaired) electrons. The number of hydrogen-bond donors (Lipinski definition) is 12. The van der Waals surface area contributed by atoms with Crippen molar-refractivity contribution < 1.29 is 89.4 Å². The largest absolute Gasteiger partial charge is 0.394 e. The lowest BCUT2D eigenvalue weighted by molar-refractivity contribution is -0.379. The molecule has 3 rings (SSSR count). The molecule has 12 N–H and O–H groups in total. The molecule has 19 heteroatoms. The molecular formula is C67H123NO18. The second kappa shape index (κ2) is 49.7. The van der Waals surface area contributed by atoms with Gasteiger partial charge >= 0.3 is 0 Å². The number of allylic oxidation sites excluding steroid dienone is 5. The molecule has 3 fully saturated rings. The van der Waals surface area contributed by atoms with Crippen molar-refractivity contribution in [3.63, 3.8) is 0 Å². The summed E-state index contributed by atoms with van der Waals surface area (Å²) in [6, 6.07) is -0.993. The van der Waals surface area contributed by atoms with E-state index in [1.54, 1.807) is 6.08 Å². The fourth-order valence-electron chi connectivity index (χ4n) is 11.6. The van der Waals surface area contributed by atoms with Crippen LogP contribution in [-0.2, 0) is 33.2 Å². The van der Waals surface area contributed by atoms with E-state index in [-0.39, 0.29) is 18.9 Å². The lowest BCUT2D eigenvalue weighted by Crippen LogP contribution is -2.66. The summed E-state index contributed by atoms with van der Waals surface area (Å²) in [5.74, 6) is -0.286. The third-order valence-electron chi connectivity index (χ3n) is 17.2. The third-order valence-corrected chi connectivity index (χ3v) is 17.2. The molecule has 3 saturated heterocycles. The van der Waals surface area contributed by atoms with E-state index in [1.165, 1.54) is 173 Å². The molecule has 1 amide bonds. The summed E-state index contributed by atoms with van der Waals surface area (Å²) in [6.07, 6.45) is 29.9. The van der Waals surface area contributed by atoms with Gasteiger partial charge in [0.2, 0.25) is 5.91 Å². The molecule has 0 aromatic carbocycles. The summed E-state index contributed by atoms with van der Waals surface area (Å²) in [5, 5.41) is 120. The minimum atomic E-state index is -1.98. The van der Waals surface area contributed by atoms with Crippen LogP contribution in [0.3, 0.4) is 0 Å². The van der Waals surface area contributed by atoms with Gasteiger partial charge < -0.3 is 89.9 Å². The monoisotopic (exact) mass is 1230 g/mol. The highest BCUT2D eigenvalue weighted by Crippen LogP contribution is 2.33. The van der Waals surface area contributed by atoms with Gasteiger partial charge in [0.1, 0.15) is 73.2 Å². The van der Waals surface area contributed by atoms with Gasteiger partial charge in [-0.3, -0.25) is 4.79 Å². The van der Waals surface area contributed by atoms with Gasteiger partial charge in [0.25, 0.3) is 0 Å². The first kappa shape index (κ1) is 78.3. The maximum atomic E-state index is 13.4. The Kier molecular flexibility index (Phi) is 45.2. The molecule has 86 heavy (non-hydrogen) atoms. The average Bonchev–Trinajstić information content (AvgIpc) is 2.48. The number of unbranched alkanes of at least 4 members (excludes halogenated alkanes) is 32. The number of amides is 1. The number of hydrogen-bond acceptors (Lipinski definition) is 18. The lowest BCUT2D eigenvalue weighted by Gasteiger charge is -2.48. The summed E-state index contributed by atoms with van der Waals surface area (Å²) in [6.45, 7) is 1.71. The summed E-state index contributed by atoms with van der Waals surface area (Å²) in [7, 11) is 0. The lowest BCUT2D eigenvalue weighted by atomic mass is 9.96. The second-order valence-electron chi connectivity index (χ2n) is 24.6. The van der Waals surface area contributed by atoms with Crippen molar-refractivity contribution in [3.05, 3.63) is 36.5 Å². The molecule has 3 aliphatic rings. The van der Waals surface area contributed by atoms with Crippen LogP contribution in [0.1, 0.15) is 251 Å². The van der Waals surface area contributed by atoms with Gasteiger partial charge in [0, 0.05) is 6.42 Å². The van der Waals surface area contributed by atoms with Crippen molar-refractivity contribution in [3.8, 4) is 0 Å². The van der Waals surface area contributed by atoms with Crippen LogP contribution < -0.4 is 5.32 Å². The third kappa shape index (κ3) is 31.8. The Balaban J connectivity index is 1.43. The quantitative estimate of drug-likeness (QED) is 0.0201. The number of carbonyl (C=O) groups is 1. The molecule has 17 unspecified atom stereocenters. The topological polar surface area (TPSA) is 307 Å². The predicted molar refractivity (Wildman–Crippen MR) is 333 cm³/mol. The second-order valence-corrected chi connectivity index (χ2v) is 24.6. The zero-order chi connectivity index (χ0) is 62.6. The molecular weight excluding hydrogens is 1110 g/mol. The maximum absolute atomic E-state index is 13.4. The van der Waals surface area contributed by atoms with Crippen LogP contribution in [0.5, 0.6) is 0 Å². The fraction of sp³-hybridized carbons (Fsp3) is 0.896. The number of ether oxygens (including phenoxy) is 6. The molecule has 0 bridgehead atoms. The first-order valence-corrected chi connectivity index (χ1v) is 34.2. The molecule has 0 saturated carbocycles. The molecule has 17 atom stereocenters. The molecule has 3 aliphatic heterocycles. The Morgan fingerprint density at radius 2 is 0.744 bits per heavy atom. The summed E-state index contributed by atoms with van der Waals surface area (Å²) >= 11 is 0. The van der Waals surface area contributed by atoms with E-state index in [1.807, 2.05) is 6.08 Å². The Morgan fingerprint density at radius 1 is 0.407 bits per heavy atom. The molecule has 0 aromatic heterocycles. The van der Waals surface area contributed by atoms with E-state index in [2.05, 4.69) is 43.5 Å². The van der Waals surface area contributed by atoms with Crippen LogP contribution in [0.2, 0.25) is 0 Å². The highest BCUT2D eigenvalue weighted by Gasteiger charge is 2.53. The van der Waals surface area contributed by atoms with E-state index in [4.69, 9.17) is 28.4 Å².